The van der Waals surface area contributed by atoms with E-state index in [0.717, 1.165) is 0 Å². The zero-order chi connectivity index (χ0) is 32.9. The number of phenolic OH excluding ortho intramolecular Hbond substituents is 2. The van der Waals surface area contributed by atoms with Gasteiger partial charge in [-0.25, -0.2) is 0 Å². The predicted molar refractivity (Wildman–Crippen MR) is 142 cm³/mol. The van der Waals surface area contributed by atoms with Crippen molar-refractivity contribution in [1.82, 2.24) is 9.80 Å². The Hall–Kier alpha value is -5.64. The van der Waals surface area contributed by atoms with Crippen LogP contribution < -0.4 is 0 Å². The Labute approximate surface area is 234 Å². The molecule has 0 saturated carbocycles. The fraction of sp³-hybridized carbons (Fsp3) is 0.400. The number of non-ortho nitro benzene ring substituents is 2. The molecule has 0 atom stereocenters. The molecule has 2 aromatic rings. The molecule has 22 heteroatoms. The number of aromatic hydroxyl groups is 2. The van der Waals surface area contributed by atoms with E-state index in [0.29, 0.717) is 24.3 Å². The van der Waals surface area contributed by atoms with E-state index in [9.17, 15) is 60.7 Å². The van der Waals surface area contributed by atoms with Gasteiger partial charge in [-0.3, -0.25) is 60.7 Å². The fourth-order valence-electron chi connectivity index (χ4n) is 2.80. The quantitative estimate of drug-likeness (QED) is 0.212. The molecule has 0 aliphatic rings. The molecule has 2 N–H and O–H groups in total. The van der Waals surface area contributed by atoms with Crippen LogP contribution in [0.3, 0.4) is 0 Å². The highest BCUT2D eigenvalue weighted by Gasteiger charge is 2.31. The molecule has 2 aromatic carbocycles. The van der Waals surface area contributed by atoms with E-state index in [1.807, 2.05) is 0 Å². The molecular formula is C20H26N8O14. The summed E-state index contributed by atoms with van der Waals surface area (Å²) in [5.41, 5.74) is -6.00. The monoisotopic (exact) mass is 602 g/mol. The van der Waals surface area contributed by atoms with Gasteiger partial charge in [0.05, 0.1) is 53.8 Å². The van der Waals surface area contributed by atoms with Gasteiger partial charge in [-0.15, -0.1) is 0 Å². The summed E-state index contributed by atoms with van der Waals surface area (Å²) in [5, 5.41) is 80.4. The van der Waals surface area contributed by atoms with Gasteiger partial charge in [-0.2, -0.15) is 0 Å². The summed E-state index contributed by atoms with van der Waals surface area (Å²) in [6, 6.07) is 1.79. The maximum absolute atomic E-state index is 10.4. The third-order valence-corrected chi connectivity index (χ3v) is 4.78. The van der Waals surface area contributed by atoms with Gasteiger partial charge >= 0.3 is 22.7 Å². The van der Waals surface area contributed by atoms with Gasteiger partial charge in [0, 0.05) is 0 Å². The van der Waals surface area contributed by atoms with Crippen molar-refractivity contribution in [3.05, 3.63) is 85.0 Å². The second-order valence-electron chi connectivity index (χ2n) is 8.52. The van der Waals surface area contributed by atoms with Crippen LogP contribution in [0.15, 0.2) is 24.3 Å². The lowest BCUT2D eigenvalue weighted by Gasteiger charge is -2.11. The number of nitro benzene ring substituents is 6. The summed E-state index contributed by atoms with van der Waals surface area (Å²) < 4.78 is 0. The van der Waals surface area contributed by atoms with Crippen LogP contribution in [0, 0.1) is 60.7 Å². The molecule has 0 fully saturated rings. The van der Waals surface area contributed by atoms with Crippen LogP contribution >= 0.6 is 0 Å². The molecule has 0 aromatic heterocycles. The number of benzene rings is 2. The molecule has 0 bridgehead atoms. The highest BCUT2D eigenvalue weighted by molar-refractivity contribution is 5.65. The second kappa shape index (κ2) is 16.5. The van der Waals surface area contributed by atoms with E-state index in [2.05, 4.69) is 38.0 Å². The zero-order valence-corrected chi connectivity index (χ0v) is 22.5. The van der Waals surface area contributed by atoms with E-state index in [-0.39, 0.29) is 0 Å². The molecule has 0 spiro atoms. The maximum atomic E-state index is 10.4. The highest BCUT2D eigenvalue weighted by Crippen LogP contribution is 2.40. The van der Waals surface area contributed by atoms with Crippen LogP contribution in [-0.4, -0.2) is 90.8 Å². The second-order valence-corrected chi connectivity index (χ2v) is 8.52. The van der Waals surface area contributed by atoms with Crippen molar-refractivity contribution in [3.63, 3.8) is 0 Å². The Bertz CT molecular complexity index is 1180. The zero-order valence-electron chi connectivity index (χ0n) is 22.5. The van der Waals surface area contributed by atoms with Crippen molar-refractivity contribution >= 4 is 34.1 Å². The van der Waals surface area contributed by atoms with Crippen molar-refractivity contribution in [2.45, 2.75) is 12.8 Å². The molecule has 0 aliphatic carbocycles. The molecule has 2 rings (SSSR count). The molecule has 0 aliphatic heterocycles. The Kier molecular flexibility index (Phi) is 14.3. The summed E-state index contributed by atoms with van der Waals surface area (Å²) >= 11 is 0. The first-order chi connectivity index (χ1) is 19.3. The number of rotatable bonds is 11. The molecule has 0 heterocycles. The van der Waals surface area contributed by atoms with Crippen LogP contribution in [0.2, 0.25) is 0 Å². The lowest BCUT2D eigenvalue weighted by Crippen LogP contribution is -2.17. The average Bonchev–Trinajstić information content (AvgIpc) is 2.86. The van der Waals surface area contributed by atoms with E-state index in [1.54, 1.807) is 0 Å². The van der Waals surface area contributed by atoms with Gasteiger partial charge in [-0.1, -0.05) is 0 Å². The number of nitrogens with zero attached hydrogens (tertiary/aromatic N) is 8. The van der Waals surface area contributed by atoms with E-state index in [4.69, 9.17) is 10.2 Å². The van der Waals surface area contributed by atoms with Crippen molar-refractivity contribution < 1.29 is 39.8 Å². The van der Waals surface area contributed by atoms with Gasteiger partial charge in [0.1, 0.15) is 0 Å². The third-order valence-electron chi connectivity index (χ3n) is 4.78. The minimum atomic E-state index is -1.21. The van der Waals surface area contributed by atoms with Gasteiger partial charge in [0.15, 0.2) is 0 Å². The molecule has 0 unspecified atom stereocenters. The predicted octanol–water partition coefficient (Wildman–Crippen LogP) is 3.12. The van der Waals surface area contributed by atoms with Crippen molar-refractivity contribution in [3.8, 4) is 11.5 Å². The van der Waals surface area contributed by atoms with Crippen LogP contribution in [0.5, 0.6) is 11.5 Å². The highest BCUT2D eigenvalue weighted by atomic mass is 16.7. The topological polar surface area (TPSA) is 306 Å². The third kappa shape index (κ3) is 11.6. The van der Waals surface area contributed by atoms with E-state index >= 15 is 0 Å². The molecule has 22 nitrogen and oxygen atoms in total. The minimum absolute atomic E-state index is 0.447. The normalized spacial score (nSPS) is 10.1. The first-order valence-electron chi connectivity index (χ1n) is 11.2. The van der Waals surface area contributed by atoms with Crippen molar-refractivity contribution in [1.29, 1.82) is 0 Å². The SMILES string of the molecule is CN(C)CCCCN(C)C.O=[N+]([O-])c1cc([N+](=O)[O-])c(O)c([N+](=O)[O-])c1.O=[N+]([O-])c1cc([N+](=O)[O-])c(O)c([N+](=O)[O-])c1. The van der Waals surface area contributed by atoms with Crippen molar-refractivity contribution in [2.75, 3.05) is 41.3 Å². The van der Waals surface area contributed by atoms with Crippen LogP contribution in [0.4, 0.5) is 34.1 Å². The average molecular weight is 602 g/mol. The van der Waals surface area contributed by atoms with E-state index in [1.165, 1.54) is 25.9 Å². The van der Waals surface area contributed by atoms with Crippen LogP contribution in [0.25, 0.3) is 0 Å². The van der Waals surface area contributed by atoms with Gasteiger partial charge in [0.2, 0.25) is 0 Å². The van der Waals surface area contributed by atoms with Gasteiger partial charge < -0.3 is 20.0 Å². The molecule has 42 heavy (non-hydrogen) atoms. The standard InChI is InChI=1S/C8H20N2.2C6H3N3O7/c1-9(2)7-5-6-8-10(3)4;2*10-6-4(8(13)14)1-3(7(11)12)2-5(6)9(15)16/h5-8H2,1-4H3;2*1-2,10H. The van der Waals surface area contributed by atoms with Gasteiger partial charge in [0.25, 0.3) is 22.9 Å². The Morgan fingerprint density at radius 2 is 0.714 bits per heavy atom. The first-order valence-corrected chi connectivity index (χ1v) is 11.2. The molecular weight excluding hydrogens is 576 g/mol. The molecule has 230 valence electrons. The van der Waals surface area contributed by atoms with Gasteiger partial charge in [-0.05, 0) is 54.1 Å². The van der Waals surface area contributed by atoms with Crippen molar-refractivity contribution in [2.24, 2.45) is 0 Å². The van der Waals surface area contributed by atoms with E-state index < -0.39 is 75.2 Å². The lowest BCUT2D eigenvalue weighted by atomic mass is 10.2. The number of phenols is 2. The Balaban J connectivity index is 0.000000620. The summed E-state index contributed by atoms with van der Waals surface area (Å²) in [6.07, 6.45) is 2.62. The number of hydrogen-bond acceptors (Lipinski definition) is 16. The first kappa shape index (κ1) is 36.4. The number of hydrogen-bond donors (Lipinski definition) is 2. The summed E-state index contributed by atoms with van der Waals surface area (Å²) in [6.45, 7) is 2.43. The Morgan fingerprint density at radius 3 is 0.857 bits per heavy atom. The lowest BCUT2D eigenvalue weighted by molar-refractivity contribution is -0.404. The maximum Gasteiger partial charge on any atom is 0.324 e. The summed E-state index contributed by atoms with van der Waals surface area (Å²) in [5.74, 6) is -2.42. The number of unbranched alkanes of at least 4 members (excludes halogenated alkanes) is 1. The molecule has 0 amide bonds. The smallest absolute Gasteiger partial charge is 0.324 e. The fourth-order valence-corrected chi connectivity index (χ4v) is 2.80. The molecule has 0 radical (unpaired) electrons. The van der Waals surface area contributed by atoms with Crippen LogP contribution in [-0.2, 0) is 0 Å². The summed E-state index contributed by atoms with van der Waals surface area (Å²) in [7, 11) is 8.48. The summed E-state index contributed by atoms with van der Waals surface area (Å²) in [4.78, 5) is 60.0. The Morgan fingerprint density at radius 1 is 0.500 bits per heavy atom. The number of nitro groups is 6. The molecule has 0 saturated heterocycles. The van der Waals surface area contributed by atoms with Crippen LogP contribution in [0.1, 0.15) is 12.8 Å². The largest absolute Gasteiger partial charge is 0.497 e. The minimum Gasteiger partial charge on any atom is -0.497 e.